The van der Waals surface area contributed by atoms with Gasteiger partial charge in [-0.05, 0) is 11.4 Å². The Morgan fingerprint density at radius 3 is 1.88 bits per heavy atom. The fraction of sp³-hybridized carbons (Fsp3) is 0.154. The number of carbonyl (C=O) groups is 1. The fourth-order valence-corrected chi connectivity index (χ4v) is 1.64. The van der Waals surface area contributed by atoms with Crippen LogP contribution in [0.5, 0.6) is 0 Å². The summed E-state index contributed by atoms with van der Waals surface area (Å²) in [5.74, 6) is -0.766. The van der Waals surface area contributed by atoms with Crippen LogP contribution in [-0.2, 0) is 11.2 Å². The number of benzene rings is 1. The van der Waals surface area contributed by atoms with Crippen molar-refractivity contribution in [1.29, 1.82) is 0 Å². The molecule has 0 aliphatic heterocycles. The largest absolute Gasteiger partial charge is 0.481 e. The van der Waals surface area contributed by atoms with Crippen LogP contribution in [0, 0.1) is 0 Å². The van der Waals surface area contributed by atoms with Gasteiger partial charge in [-0.2, -0.15) is 0 Å². The van der Waals surface area contributed by atoms with Gasteiger partial charge in [0.05, 0.1) is 6.42 Å². The predicted molar refractivity (Wildman–Crippen MR) is 68.8 cm³/mol. The third-order valence-electron chi connectivity index (χ3n) is 1.57. The summed E-state index contributed by atoms with van der Waals surface area (Å²) in [6.07, 6.45) is 0.150. The topological polar surface area (TPSA) is 37.3 Å². The van der Waals surface area contributed by atoms with Gasteiger partial charge in [-0.3, -0.25) is 4.79 Å². The highest BCUT2D eigenvalue weighted by molar-refractivity contribution is 7.10. The van der Waals surface area contributed by atoms with Crippen molar-refractivity contribution >= 4 is 17.3 Å². The summed E-state index contributed by atoms with van der Waals surface area (Å²) in [5, 5.41) is 10.2. The van der Waals surface area contributed by atoms with E-state index < -0.39 is 5.97 Å². The van der Waals surface area contributed by atoms with Crippen molar-refractivity contribution in [2.75, 3.05) is 0 Å². The first-order chi connectivity index (χ1) is 7.29. The van der Waals surface area contributed by atoms with Crippen molar-refractivity contribution in [2.24, 2.45) is 0 Å². The standard InChI is InChI=1S/C6H6O2S.C6H6.CH4/c7-6(8)4-5-2-1-3-9-5;1-2-4-6-5-3-1;/h1-3H,4H2,(H,7,8);1-6H;1H4. The normalized spacial score (nSPS) is 8.25. The van der Waals surface area contributed by atoms with Gasteiger partial charge in [0, 0.05) is 4.88 Å². The lowest BCUT2D eigenvalue weighted by Crippen LogP contribution is -1.96. The smallest absolute Gasteiger partial charge is 0.308 e. The highest BCUT2D eigenvalue weighted by Crippen LogP contribution is 2.08. The average Bonchev–Trinajstić information content (AvgIpc) is 2.73. The van der Waals surface area contributed by atoms with Crippen molar-refractivity contribution in [1.82, 2.24) is 0 Å². The summed E-state index contributed by atoms with van der Waals surface area (Å²) in [4.78, 5) is 11.0. The highest BCUT2D eigenvalue weighted by Gasteiger charge is 1.98. The quantitative estimate of drug-likeness (QED) is 0.863. The molecular formula is C13H16O2S. The summed E-state index contributed by atoms with van der Waals surface area (Å²) in [6.45, 7) is 0. The molecule has 0 unspecified atom stereocenters. The van der Waals surface area contributed by atoms with Crippen LogP contribution in [0.15, 0.2) is 53.9 Å². The van der Waals surface area contributed by atoms with E-state index in [-0.39, 0.29) is 13.8 Å². The maximum atomic E-state index is 10.1. The third kappa shape index (κ3) is 6.79. The van der Waals surface area contributed by atoms with Crippen molar-refractivity contribution in [2.45, 2.75) is 13.8 Å². The van der Waals surface area contributed by atoms with E-state index in [1.54, 1.807) is 0 Å². The summed E-state index contributed by atoms with van der Waals surface area (Å²) >= 11 is 1.47. The molecule has 1 aromatic heterocycles. The van der Waals surface area contributed by atoms with Gasteiger partial charge in [0.25, 0.3) is 0 Å². The van der Waals surface area contributed by atoms with Crippen molar-refractivity contribution in [3.63, 3.8) is 0 Å². The number of carboxylic acids is 1. The van der Waals surface area contributed by atoms with Crippen molar-refractivity contribution in [3.8, 4) is 0 Å². The van der Waals surface area contributed by atoms with Crippen molar-refractivity contribution < 1.29 is 9.90 Å². The molecule has 1 N–H and O–H groups in total. The molecule has 0 aliphatic rings. The molecule has 86 valence electrons. The van der Waals surface area contributed by atoms with Gasteiger partial charge in [-0.25, -0.2) is 0 Å². The predicted octanol–water partition coefficient (Wildman–Crippen LogP) is 3.70. The first-order valence-electron chi connectivity index (χ1n) is 4.53. The highest BCUT2D eigenvalue weighted by atomic mass is 32.1. The molecule has 0 amide bonds. The maximum absolute atomic E-state index is 10.1. The van der Waals surface area contributed by atoms with Gasteiger partial charge in [-0.15, -0.1) is 11.3 Å². The molecule has 1 heterocycles. The fourth-order valence-electron chi connectivity index (χ4n) is 0.947. The molecule has 2 rings (SSSR count). The molecule has 3 heteroatoms. The zero-order valence-corrected chi connectivity index (χ0v) is 8.98. The molecule has 0 saturated carbocycles. The van der Waals surface area contributed by atoms with Crippen LogP contribution < -0.4 is 0 Å². The number of rotatable bonds is 2. The second kappa shape index (κ2) is 8.68. The van der Waals surface area contributed by atoms with E-state index in [0.29, 0.717) is 0 Å². The van der Waals surface area contributed by atoms with Crippen LogP contribution in [0.4, 0.5) is 0 Å². The second-order valence-electron chi connectivity index (χ2n) is 2.80. The Kier molecular flexibility index (Phi) is 7.81. The average molecular weight is 236 g/mol. The Morgan fingerprint density at radius 2 is 1.56 bits per heavy atom. The maximum Gasteiger partial charge on any atom is 0.308 e. The lowest BCUT2D eigenvalue weighted by atomic mass is 10.3. The molecule has 0 saturated heterocycles. The Bertz CT molecular complexity index is 341. The zero-order chi connectivity index (χ0) is 10.9. The van der Waals surface area contributed by atoms with E-state index in [2.05, 4.69) is 0 Å². The number of thiophene rings is 1. The van der Waals surface area contributed by atoms with E-state index >= 15 is 0 Å². The first kappa shape index (κ1) is 14.4. The third-order valence-corrected chi connectivity index (χ3v) is 2.45. The summed E-state index contributed by atoms with van der Waals surface area (Å²) < 4.78 is 0. The second-order valence-corrected chi connectivity index (χ2v) is 3.84. The first-order valence-corrected chi connectivity index (χ1v) is 5.41. The Hall–Kier alpha value is -1.61. The van der Waals surface area contributed by atoms with Gasteiger partial charge in [-0.1, -0.05) is 49.9 Å². The van der Waals surface area contributed by atoms with E-state index in [1.165, 1.54) is 11.3 Å². The number of aliphatic carboxylic acids is 1. The monoisotopic (exact) mass is 236 g/mol. The van der Waals surface area contributed by atoms with Gasteiger partial charge in [0.15, 0.2) is 0 Å². The van der Waals surface area contributed by atoms with E-state index in [9.17, 15) is 4.79 Å². The number of hydrogen-bond acceptors (Lipinski definition) is 2. The molecule has 0 bridgehead atoms. The molecule has 0 aliphatic carbocycles. The van der Waals surface area contributed by atoms with Crippen LogP contribution in [0.25, 0.3) is 0 Å². The summed E-state index contributed by atoms with van der Waals surface area (Å²) in [5.41, 5.74) is 0. The molecule has 0 radical (unpaired) electrons. The Morgan fingerprint density at radius 1 is 1.06 bits per heavy atom. The van der Waals surface area contributed by atoms with Gasteiger partial charge < -0.3 is 5.11 Å². The molecule has 1 aromatic carbocycles. The molecule has 0 spiro atoms. The molecule has 2 aromatic rings. The SMILES string of the molecule is C.O=C(O)Cc1cccs1.c1ccccc1. The van der Waals surface area contributed by atoms with E-state index in [0.717, 1.165) is 4.88 Å². The van der Waals surface area contributed by atoms with Gasteiger partial charge in [0.1, 0.15) is 0 Å². The lowest BCUT2D eigenvalue weighted by Gasteiger charge is -1.85. The van der Waals surface area contributed by atoms with Crippen LogP contribution in [0.2, 0.25) is 0 Å². The Labute approximate surface area is 100 Å². The molecular weight excluding hydrogens is 220 g/mol. The van der Waals surface area contributed by atoms with Gasteiger partial charge >= 0.3 is 5.97 Å². The summed E-state index contributed by atoms with van der Waals surface area (Å²) in [7, 11) is 0. The minimum absolute atomic E-state index is 0. The molecule has 0 fully saturated rings. The minimum Gasteiger partial charge on any atom is -0.481 e. The number of carboxylic acid groups (broad SMARTS) is 1. The van der Waals surface area contributed by atoms with Crippen LogP contribution >= 0.6 is 11.3 Å². The molecule has 0 atom stereocenters. The minimum atomic E-state index is -0.766. The van der Waals surface area contributed by atoms with Crippen LogP contribution in [0.3, 0.4) is 0 Å². The van der Waals surface area contributed by atoms with E-state index in [1.807, 2.05) is 53.9 Å². The molecule has 2 nitrogen and oxygen atoms in total. The van der Waals surface area contributed by atoms with Crippen LogP contribution in [0.1, 0.15) is 12.3 Å². The van der Waals surface area contributed by atoms with Crippen molar-refractivity contribution in [3.05, 3.63) is 58.8 Å². The molecule has 16 heavy (non-hydrogen) atoms. The Balaban J connectivity index is 0.000000283. The van der Waals surface area contributed by atoms with E-state index in [4.69, 9.17) is 5.11 Å². The van der Waals surface area contributed by atoms with Gasteiger partial charge in [0.2, 0.25) is 0 Å². The van der Waals surface area contributed by atoms with Crippen LogP contribution in [-0.4, -0.2) is 11.1 Å². The summed E-state index contributed by atoms with van der Waals surface area (Å²) in [6, 6.07) is 15.7. The lowest BCUT2D eigenvalue weighted by molar-refractivity contribution is -0.136. The zero-order valence-electron chi connectivity index (χ0n) is 8.17. The number of hydrogen-bond donors (Lipinski definition) is 1.